The van der Waals surface area contributed by atoms with E-state index in [1.54, 1.807) is 0 Å². The van der Waals surface area contributed by atoms with Crippen molar-refractivity contribution in [2.24, 2.45) is 11.7 Å². The van der Waals surface area contributed by atoms with Crippen LogP contribution in [0.2, 0.25) is 0 Å². The third-order valence-corrected chi connectivity index (χ3v) is 3.19. The number of piperidine rings is 1. The highest BCUT2D eigenvalue weighted by molar-refractivity contribution is 4.98. The maximum absolute atomic E-state index is 13.8. The van der Waals surface area contributed by atoms with Crippen molar-refractivity contribution < 1.29 is 4.39 Å². The Morgan fingerprint density at radius 2 is 2.36 bits per heavy atom. The van der Waals surface area contributed by atoms with Crippen LogP contribution in [0.25, 0.3) is 0 Å². The summed E-state index contributed by atoms with van der Waals surface area (Å²) in [5.41, 5.74) is 4.39. The molecule has 0 aliphatic carbocycles. The van der Waals surface area contributed by atoms with Crippen LogP contribution in [-0.4, -0.2) is 36.7 Å². The van der Waals surface area contributed by atoms with Gasteiger partial charge in [0, 0.05) is 25.6 Å². The van der Waals surface area contributed by atoms with Crippen molar-refractivity contribution in [1.29, 1.82) is 0 Å². The van der Waals surface area contributed by atoms with Crippen molar-refractivity contribution in [2.75, 3.05) is 26.2 Å². The van der Waals surface area contributed by atoms with Crippen LogP contribution in [0.4, 0.5) is 4.39 Å². The molecule has 2 aliphatic rings. The molecule has 3 unspecified atom stereocenters. The van der Waals surface area contributed by atoms with Crippen molar-refractivity contribution in [3.63, 3.8) is 0 Å². The van der Waals surface area contributed by atoms with Gasteiger partial charge in [-0.2, -0.15) is 0 Å². The predicted octanol–water partition coefficient (Wildman–Crippen LogP) is 0.379. The average Bonchev–Trinajstić information content (AvgIpc) is 2.44. The van der Waals surface area contributed by atoms with Crippen LogP contribution < -0.4 is 5.73 Å². The molecule has 2 fully saturated rings. The smallest absolute Gasteiger partial charge is 0.128 e. The molecule has 2 aliphatic heterocycles. The highest BCUT2D eigenvalue weighted by Gasteiger charge is 2.45. The lowest BCUT2D eigenvalue weighted by molar-refractivity contribution is 0.0470. The molecule has 0 spiro atoms. The normalized spacial score (nSPS) is 49.6. The maximum atomic E-state index is 13.8. The molecule has 2 rings (SSSR count). The first kappa shape index (κ1) is 7.50. The second-order valence-electron chi connectivity index (χ2n) is 3.77. The Kier molecular flexibility index (Phi) is 1.65. The molecule has 64 valence electrons. The van der Waals surface area contributed by atoms with E-state index in [4.69, 9.17) is 5.73 Å². The van der Waals surface area contributed by atoms with E-state index in [0.29, 0.717) is 6.42 Å². The number of rotatable bonds is 1. The van der Waals surface area contributed by atoms with Gasteiger partial charge in [-0.25, -0.2) is 4.39 Å². The third-order valence-electron chi connectivity index (χ3n) is 3.19. The summed E-state index contributed by atoms with van der Waals surface area (Å²) in [4.78, 5) is 2.33. The molecule has 2 saturated heterocycles. The molecule has 0 saturated carbocycles. The number of nitrogens with zero attached hydrogens (tertiary/aromatic N) is 1. The molecule has 2 nitrogen and oxygen atoms in total. The van der Waals surface area contributed by atoms with E-state index in [-0.39, 0.29) is 12.5 Å². The van der Waals surface area contributed by atoms with Crippen molar-refractivity contribution in [3.8, 4) is 0 Å². The van der Waals surface area contributed by atoms with Gasteiger partial charge < -0.3 is 10.6 Å². The van der Waals surface area contributed by atoms with Gasteiger partial charge in [0.1, 0.15) is 5.67 Å². The molecule has 2 heterocycles. The lowest BCUT2D eigenvalue weighted by Crippen LogP contribution is -2.47. The Morgan fingerprint density at radius 1 is 1.55 bits per heavy atom. The lowest BCUT2D eigenvalue weighted by Gasteiger charge is -2.35. The zero-order valence-corrected chi connectivity index (χ0v) is 6.72. The van der Waals surface area contributed by atoms with Crippen LogP contribution >= 0.6 is 0 Å². The van der Waals surface area contributed by atoms with E-state index in [0.717, 1.165) is 26.1 Å². The van der Waals surface area contributed by atoms with Crippen molar-refractivity contribution >= 4 is 0 Å². The summed E-state index contributed by atoms with van der Waals surface area (Å²) in [5, 5.41) is 0. The summed E-state index contributed by atoms with van der Waals surface area (Å²) in [6.45, 7) is 3.14. The molecule has 0 amide bonds. The van der Waals surface area contributed by atoms with Crippen LogP contribution in [0.15, 0.2) is 0 Å². The third kappa shape index (κ3) is 1.07. The zero-order chi connectivity index (χ0) is 7.90. The predicted molar refractivity (Wildman–Crippen MR) is 42.1 cm³/mol. The Morgan fingerprint density at radius 3 is 3.09 bits per heavy atom. The first-order chi connectivity index (χ1) is 5.24. The summed E-state index contributed by atoms with van der Waals surface area (Å²) >= 11 is 0. The highest BCUT2D eigenvalue weighted by atomic mass is 19.1. The second-order valence-corrected chi connectivity index (χ2v) is 3.77. The Labute approximate surface area is 66.5 Å². The summed E-state index contributed by atoms with van der Waals surface area (Å²) in [6.07, 6.45) is 1.65. The van der Waals surface area contributed by atoms with Gasteiger partial charge >= 0.3 is 0 Å². The van der Waals surface area contributed by atoms with Crippen LogP contribution in [0.5, 0.6) is 0 Å². The standard InChI is InChI=1S/C8H15FN2/c9-8(6-10)2-4-11-3-1-7(8)5-11/h7H,1-6,10H2. The molecule has 0 aromatic rings. The average molecular weight is 158 g/mol. The molecule has 3 atom stereocenters. The van der Waals surface area contributed by atoms with Crippen LogP contribution in [0.3, 0.4) is 0 Å². The SMILES string of the molecule is NCC1(F)CCN2CCC1C2. The van der Waals surface area contributed by atoms with Crippen molar-refractivity contribution in [2.45, 2.75) is 18.5 Å². The van der Waals surface area contributed by atoms with Crippen LogP contribution in [-0.2, 0) is 0 Å². The number of alkyl halides is 1. The summed E-state index contributed by atoms with van der Waals surface area (Å²) in [5.74, 6) is 0.223. The lowest BCUT2D eigenvalue weighted by atomic mass is 9.84. The summed E-state index contributed by atoms with van der Waals surface area (Å²) < 4.78 is 13.8. The fourth-order valence-electron chi connectivity index (χ4n) is 2.27. The van der Waals surface area contributed by atoms with Gasteiger partial charge in [0.15, 0.2) is 0 Å². The van der Waals surface area contributed by atoms with E-state index < -0.39 is 5.67 Å². The highest BCUT2D eigenvalue weighted by Crippen LogP contribution is 2.37. The molecule has 3 heteroatoms. The van der Waals surface area contributed by atoms with Gasteiger partial charge in [0.25, 0.3) is 0 Å². The monoisotopic (exact) mass is 158 g/mol. The van der Waals surface area contributed by atoms with Gasteiger partial charge in [-0.15, -0.1) is 0 Å². The number of halogens is 1. The Hall–Kier alpha value is -0.150. The molecule has 11 heavy (non-hydrogen) atoms. The van der Waals surface area contributed by atoms with Crippen LogP contribution in [0, 0.1) is 5.92 Å². The number of hydrogen-bond acceptors (Lipinski definition) is 2. The van der Waals surface area contributed by atoms with Crippen molar-refractivity contribution in [3.05, 3.63) is 0 Å². The molecule has 2 N–H and O–H groups in total. The van der Waals surface area contributed by atoms with E-state index in [2.05, 4.69) is 4.90 Å². The quantitative estimate of drug-likeness (QED) is 0.597. The zero-order valence-electron chi connectivity index (χ0n) is 6.72. The number of hydrogen-bond donors (Lipinski definition) is 1. The van der Waals surface area contributed by atoms with E-state index in [9.17, 15) is 4.39 Å². The largest absolute Gasteiger partial charge is 0.328 e. The minimum atomic E-state index is -1.03. The maximum Gasteiger partial charge on any atom is 0.128 e. The molecule has 0 aromatic heterocycles. The van der Waals surface area contributed by atoms with Gasteiger partial charge in [0.2, 0.25) is 0 Å². The van der Waals surface area contributed by atoms with Crippen LogP contribution in [0.1, 0.15) is 12.8 Å². The first-order valence-corrected chi connectivity index (χ1v) is 4.36. The van der Waals surface area contributed by atoms with Gasteiger partial charge in [-0.05, 0) is 19.4 Å². The molecule has 0 aromatic carbocycles. The first-order valence-electron chi connectivity index (χ1n) is 4.36. The minimum Gasteiger partial charge on any atom is -0.328 e. The van der Waals surface area contributed by atoms with Gasteiger partial charge in [0.05, 0.1) is 0 Å². The van der Waals surface area contributed by atoms with Crippen molar-refractivity contribution in [1.82, 2.24) is 4.90 Å². The number of fused-ring (bicyclic) bond motifs is 2. The Bertz CT molecular complexity index is 162. The fourth-order valence-corrected chi connectivity index (χ4v) is 2.27. The van der Waals surface area contributed by atoms with E-state index in [1.807, 2.05) is 0 Å². The molecule has 2 bridgehead atoms. The van der Waals surface area contributed by atoms with E-state index in [1.165, 1.54) is 0 Å². The fraction of sp³-hybridized carbons (Fsp3) is 1.00. The number of nitrogens with two attached hydrogens (primary N) is 1. The minimum absolute atomic E-state index is 0.214. The van der Waals surface area contributed by atoms with E-state index >= 15 is 0 Å². The summed E-state index contributed by atoms with van der Waals surface area (Å²) in [7, 11) is 0. The Balaban J connectivity index is 2.12. The molecular formula is C8H15FN2. The van der Waals surface area contributed by atoms with Gasteiger partial charge in [-0.1, -0.05) is 0 Å². The second kappa shape index (κ2) is 2.42. The van der Waals surface area contributed by atoms with Gasteiger partial charge in [-0.3, -0.25) is 0 Å². The topological polar surface area (TPSA) is 29.3 Å². The summed E-state index contributed by atoms with van der Waals surface area (Å²) in [6, 6.07) is 0. The molecular weight excluding hydrogens is 143 g/mol. The molecule has 0 radical (unpaired) electrons.